The fourth-order valence-corrected chi connectivity index (χ4v) is 2.88. The zero-order chi connectivity index (χ0) is 17.1. The van der Waals surface area contributed by atoms with Gasteiger partial charge in [0.2, 0.25) is 11.7 Å². The SMILES string of the molecule is CC1CCC(C(=O)O)CN1C(=O)Cn1nnc(-c2ccccc2)n1. The van der Waals surface area contributed by atoms with Crippen molar-refractivity contribution in [3.63, 3.8) is 0 Å². The number of hydrogen-bond acceptors (Lipinski definition) is 5. The summed E-state index contributed by atoms with van der Waals surface area (Å²) in [5, 5.41) is 21.3. The Labute approximate surface area is 139 Å². The molecule has 0 bridgehead atoms. The zero-order valence-electron chi connectivity index (χ0n) is 13.4. The van der Waals surface area contributed by atoms with Crippen LogP contribution in [0.15, 0.2) is 30.3 Å². The van der Waals surface area contributed by atoms with Crippen LogP contribution in [0.3, 0.4) is 0 Å². The highest BCUT2D eigenvalue weighted by Crippen LogP contribution is 2.22. The van der Waals surface area contributed by atoms with Crippen LogP contribution in [0.1, 0.15) is 19.8 Å². The molecule has 2 atom stereocenters. The first-order valence-corrected chi connectivity index (χ1v) is 7.90. The highest BCUT2D eigenvalue weighted by molar-refractivity contribution is 5.78. The van der Waals surface area contributed by atoms with E-state index in [1.54, 1.807) is 4.90 Å². The molecule has 2 unspecified atom stereocenters. The average Bonchev–Trinajstić information content (AvgIpc) is 3.04. The van der Waals surface area contributed by atoms with E-state index in [4.69, 9.17) is 5.11 Å². The Morgan fingerprint density at radius 3 is 2.71 bits per heavy atom. The van der Waals surface area contributed by atoms with E-state index in [1.165, 1.54) is 4.80 Å². The van der Waals surface area contributed by atoms with E-state index in [2.05, 4.69) is 15.4 Å². The molecule has 2 aromatic rings. The van der Waals surface area contributed by atoms with Gasteiger partial charge >= 0.3 is 5.97 Å². The monoisotopic (exact) mass is 329 g/mol. The molecule has 1 N–H and O–H groups in total. The Morgan fingerprint density at radius 1 is 1.25 bits per heavy atom. The van der Waals surface area contributed by atoms with Gasteiger partial charge in [-0.2, -0.15) is 4.80 Å². The summed E-state index contributed by atoms with van der Waals surface area (Å²) in [4.78, 5) is 26.5. The molecule has 1 aromatic heterocycles. The number of nitrogens with zero attached hydrogens (tertiary/aromatic N) is 5. The fraction of sp³-hybridized carbons (Fsp3) is 0.438. The average molecular weight is 329 g/mol. The van der Waals surface area contributed by atoms with E-state index in [1.807, 2.05) is 37.3 Å². The second-order valence-corrected chi connectivity index (χ2v) is 6.02. The van der Waals surface area contributed by atoms with Crippen LogP contribution in [0.4, 0.5) is 0 Å². The van der Waals surface area contributed by atoms with E-state index >= 15 is 0 Å². The third kappa shape index (κ3) is 3.42. The summed E-state index contributed by atoms with van der Waals surface area (Å²) in [5.74, 6) is -1.09. The molecule has 1 aromatic carbocycles. The van der Waals surface area contributed by atoms with Crippen LogP contribution in [-0.4, -0.2) is 54.7 Å². The molecule has 0 radical (unpaired) electrons. The Bertz CT molecular complexity index is 730. The first-order valence-electron chi connectivity index (χ1n) is 7.90. The van der Waals surface area contributed by atoms with E-state index in [9.17, 15) is 9.59 Å². The van der Waals surface area contributed by atoms with Crippen molar-refractivity contribution >= 4 is 11.9 Å². The standard InChI is InChI=1S/C16H19N5O3/c1-11-7-8-13(16(23)24)9-20(11)14(22)10-21-18-15(17-19-21)12-5-3-2-4-6-12/h2-6,11,13H,7-10H2,1H3,(H,23,24). The second kappa shape index (κ2) is 6.77. The number of carbonyl (C=O) groups excluding carboxylic acids is 1. The minimum atomic E-state index is -0.857. The lowest BCUT2D eigenvalue weighted by Gasteiger charge is -2.36. The molecule has 0 aliphatic carbocycles. The summed E-state index contributed by atoms with van der Waals surface area (Å²) in [7, 11) is 0. The number of carbonyl (C=O) groups is 2. The zero-order valence-corrected chi connectivity index (χ0v) is 13.4. The predicted molar refractivity (Wildman–Crippen MR) is 84.8 cm³/mol. The van der Waals surface area contributed by atoms with Gasteiger partial charge in [0.1, 0.15) is 6.54 Å². The summed E-state index contributed by atoms with van der Waals surface area (Å²) in [6, 6.07) is 9.41. The molecule has 3 rings (SSSR count). The number of hydrogen-bond donors (Lipinski definition) is 1. The van der Waals surface area contributed by atoms with Crippen molar-refractivity contribution in [2.75, 3.05) is 6.54 Å². The smallest absolute Gasteiger partial charge is 0.308 e. The van der Waals surface area contributed by atoms with Gasteiger partial charge in [0.15, 0.2) is 0 Å². The highest BCUT2D eigenvalue weighted by atomic mass is 16.4. The summed E-state index contributed by atoms with van der Waals surface area (Å²) in [6.07, 6.45) is 1.28. The Balaban J connectivity index is 1.68. The van der Waals surface area contributed by atoms with E-state index in [0.717, 1.165) is 5.56 Å². The number of rotatable bonds is 4. The minimum absolute atomic E-state index is 0.0187. The van der Waals surface area contributed by atoms with Crippen LogP contribution < -0.4 is 0 Å². The van der Waals surface area contributed by atoms with Gasteiger partial charge in [-0.15, -0.1) is 10.2 Å². The summed E-state index contributed by atoms with van der Waals surface area (Å²) in [5.41, 5.74) is 0.827. The van der Waals surface area contributed by atoms with Gasteiger partial charge in [0, 0.05) is 18.2 Å². The van der Waals surface area contributed by atoms with Gasteiger partial charge < -0.3 is 10.0 Å². The summed E-state index contributed by atoms with van der Waals surface area (Å²) < 4.78 is 0. The number of aromatic nitrogens is 4. The molecule has 24 heavy (non-hydrogen) atoms. The van der Waals surface area contributed by atoms with Gasteiger partial charge in [-0.05, 0) is 25.0 Å². The van der Waals surface area contributed by atoms with Gasteiger partial charge in [0.05, 0.1) is 5.92 Å². The number of benzene rings is 1. The normalized spacial score (nSPS) is 20.8. The summed E-state index contributed by atoms with van der Waals surface area (Å²) >= 11 is 0. The second-order valence-electron chi connectivity index (χ2n) is 6.02. The Hall–Kier alpha value is -2.77. The van der Waals surface area contributed by atoms with Crippen LogP contribution >= 0.6 is 0 Å². The molecular formula is C16H19N5O3. The molecule has 1 amide bonds. The van der Waals surface area contributed by atoms with Crippen LogP contribution in [0.5, 0.6) is 0 Å². The predicted octanol–water partition coefficient (Wildman–Crippen LogP) is 1.05. The lowest BCUT2D eigenvalue weighted by atomic mass is 9.93. The van der Waals surface area contributed by atoms with Crippen molar-refractivity contribution in [1.82, 2.24) is 25.1 Å². The third-order valence-electron chi connectivity index (χ3n) is 4.31. The quantitative estimate of drug-likeness (QED) is 0.900. The van der Waals surface area contributed by atoms with Crippen LogP contribution in [0, 0.1) is 5.92 Å². The number of likely N-dealkylation sites (tertiary alicyclic amines) is 1. The van der Waals surface area contributed by atoms with Crippen molar-refractivity contribution in [3.05, 3.63) is 30.3 Å². The molecule has 126 valence electrons. The molecule has 0 spiro atoms. The van der Waals surface area contributed by atoms with Crippen LogP contribution in [-0.2, 0) is 16.1 Å². The number of tetrazole rings is 1. The number of aliphatic carboxylic acids is 1. The number of carboxylic acids is 1. The lowest BCUT2D eigenvalue weighted by molar-refractivity contribution is -0.147. The molecular weight excluding hydrogens is 310 g/mol. The van der Waals surface area contributed by atoms with Crippen LogP contribution in [0.25, 0.3) is 11.4 Å². The maximum absolute atomic E-state index is 12.5. The highest BCUT2D eigenvalue weighted by Gasteiger charge is 2.32. The Morgan fingerprint density at radius 2 is 2.00 bits per heavy atom. The van der Waals surface area contributed by atoms with Crippen molar-refractivity contribution in [1.29, 1.82) is 0 Å². The fourth-order valence-electron chi connectivity index (χ4n) is 2.88. The Kier molecular flexibility index (Phi) is 4.54. The van der Waals surface area contributed by atoms with Crippen molar-refractivity contribution in [2.45, 2.75) is 32.4 Å². The molecule has 1 aliphatic heterocycles. The van der Waals surface area contributed by atoms with E-state index in [0.29, 0.717) is 18.7 Å². The van der Waals surface area contributed by atoms with Crippen molar-refractivity contribution in [2.24, 2.45) is 5.92 Å². The molecule has 1 aliphatic rings. The lowest BCUT2D eigenvalue weighted by Crippen LogP contribution is -2.48. The number of amides is 1. The number of piperidine rings is 1. The van der Waals surface area contributed by atoms with Gasteiger partial charge in [-0.25, -0.2) is 0 Å². The minimum Gasteiger partial charge on any atom is -0.481 e. The molecule has 8 nitrogen and oxygen atoms in total. The summed E-state index contributed by atoms with van der Waals surface area (Å²) in [6.45, 7) is 2.12. The van der Waals surface area contributed by atoms with Gasteiger partial charge in [-0.1, -0.05) is 30.3 Å². The first-order chi connectivity index (χ1) is 11.5. The first kappa shape index (κ1) is 16.1. The molecule has 2 heterocycles. The third-order valence-corrected chi connectivity index (χ3v) is 4.31. The molecule has 0 saturated carbocycles. The van der Waals surface area contributed by atoms with Crippen LogP contribution in [0.2, 0.25) is 0 Å². The number of carboxylic acid groups (broad SMARTS) is 1. The molecule has 1 saturated heterocycles. The topological polar surface area (TPSA) is 101 Å². The van der Waals surface area contributed by atoms with Gasteiger partial charge in [0.25, 0.3) is 0 Å². The van der Waals surface area contributed by atoms with E-state index < -0.39 is 11.9 Å². The molecule has 8 heteroatoms. The van der Waals surface area contributed by atoms with Crippen molar-refractivity contribution in [3.8, 4) is 11.4 Å². The maximum atomic E-state index is 12.5. The maximum Gasteiger partial charge on any atom is 0.308 e. The van der Waals surface area contributed by atoms with Gasteiger partial charge in [-0.3, -0.25) is 9.59 Å². The molecule has 1 fully saturated rings. The van der Waals surface area contributed by atoms with E-state index in [-0.39, 0.29) is 25.0 Å². The largest absolute Gasteiger partial charge is 0.481 e. The van der Waals surface area contributed by atoms with Crippen molar-refractivity contribution < 1.29 is 14.7 Å².